The summed E-state index contributed by atoms with van der Waals surface area (Å²) >= 11 is 0. The Morgan fingerprint density at radius 1 is 1.00 bits per heavy atom. The molecule has 3 aliphatic rings. The van der Waals surface area contributed by atoms with Crippen LogP contribution < -0.4 is 10.6 Å². The van der Waals surface area contributed by atoms with Gasteiger partial charge >= 0.3 is 0 Å². The topological polar surface area (TPSA) is 61.4 Å². The lowest BCUT2D eigenvalue weighted by atomic mass is 9.72. The number of piperidine rings is 3. The van der Waals surface area contributed by atoms with E-state index in [9.17, 15) is 9.59 Å². The molecular formula is C25H30ClN3O2. The van der Waals surface area contributed by atoms with E-state index < -0.39 is 0 Å². The fourth-order valence-corrected chi connectivity index (χ4v) is 5.64. The number of nitrogens with one attached hydrogen (secondary N) is 2. The van der Waals surface area contributed by atoms with Crippen molar-refractivity contribution in [1.82, 2.24) is 15.5 Å². The summed E-state index contributed by atoms with van der Waals surface area (Å²) in [5.74, 6) is 1.18. The van der Waals surface area contributed by atoms with Gasteiger partial charge in [-0.3, -0.25) is 9.59 Å². The van der Waals surface area contributed by atoms with Gasteiger partial charge in [-0.15, -0.1) is 12.4 Å². The highest BCUT2D eigenvalue weighted by molar-refractivity contribution is 5.94. The second-order valence-corrected chi connectivity index (χ2v) is 8.90. The first-order valence-electron chi connectivity index (χ1n) is 11.2. The van der Waals surface area contributed by atoms with Crippen molar-refractivity contribution in [3.8, 4) is 11.1 Å². The molecule has 2 aromatic carbocycles. The van der Waals surface area contributed by atoms with Gasteiger partial charge in [0.05, 0.1) is 6.04 Å². The Kier molecular flexibility index (Phi) is 6.63. The molecule has 4 atom stereocenters. The Morgan fingerprint density at radius 3 is 2.48 bits per heavy atom. The average molecular weight is 440 g/mol. The number of carbonyl (C=O) groups is 2. The lowest BCUT2D eigenvalue weighted by Gasteiger charge is -2.54. The maximum Gasteiger partial charge on any atom is 0.251 e. The van der Waals surface area contributed by atoms with Crippen LogP contribution in [0.25, 0.3) is 11.1 Å². The van der Waals surface area contributed by atoms with Crippen LogP contribution in [0.15, 0.2) is 54.6 Å². The van der Waals surface area contributed by atoms with Crippen molar-refractivity contribution in [2.75, 3.05) is 19.6 Å². The molecule has 0 radical (unpaired) electrons. The molecule has 3 heterocycles. The zero-order valence-corrected chi connectivity index (χ0v) is 18.4. The van der Waals surface area contributed by atoms with Crippen molar-refractivity contribution in [1.29, 1.82) is 0 Å². The highest BCUT2D eigenvalue weighted by Gasteiger charge is 2.47. The monoisotopic (exact) mass is 439 g/mol. The van der Waals surface area contributed by atoms with Crippen LogP contribution in [0.1, 0.15) is 36.0 Å². The number of benzene rings is 2. The standard InChI is InChI=1S/C25H29N3O2.ClH/c29-24-8-4-7-22-20-13-21(15-26-14-20)23(28(22)24)16-27-25(30)19-11-9-18(10-12-19)17-5-2-1-3-6-17;/h1-3,5-6,9-12,20-23,26H,4,7-8,13-16H2,(H,27,30);1H/t20-,21+,22+,23+;/m1./s1. The fraction of sp³-hybridized carbons (Fsp3) is 0.440. The molecule has 2 amide bonds. The molecular weight excluding hydrogens is 410 g/mol. The first kappa shape index (κ1) is 21.8. The normalized spacial score (nSPS) is 27.1. The van der Waals surface area contributed by atoms with Crippen molar-refractivity contribution in [3.63, 3.8) is 0 Å². The quantitative estimate of drug-likeness (QED) is 0.766. The molecule has 2 N–H and O–H groups in total. The van der Waals surface area contributed by atoms with E-state index >= 15 is 0 Å². The van der Waals surface area contributed by atoms with Gasteiger partial charge in [0.15, 0.2) is 0 Å². The predicted molar refractivity (Wildman–Crippen MR) is 124 cm³/mol. The maximum atomic E-state index is 12.8. The summed E-state index contributed by atoms with van der Waals surface area (Å²) in [7, 11) is 0. The number of amides is 2. The lowest BCUT2D eigenvalue weighted by Crippen LogP contribution is -2.66. The van der Waals surface area contributed by atoms with Crippen LogP contribution in [-0.2, 0) is 4.79 Å². The molecule has 3 aliphatic heterocycles. The first-order chi connectivity index (χ1) is 14.7. The molecule has 5 nitrogen and oxygen atoms in total. The van der Waals surface area contributed by atoms with Crippen LogP contribution in [0.3, 0.4) is 0 Å². The number of fused-ring (bicyclic) bond motifs is 4. The minimum absolute atomic E-state index is 0. The van der Waals surface area contributed by atoms with Gasteiger partial charge in [-0.05, 0) is 60.9 Å². The zero-order valence-electron chi connectivity index (χ0n) is 17.6. The summed E-state index contributed by atoms with van der Waals surface area (Å²) in [6.45, 7) is 2.47. The van der Waals surface area contributed by atoms with Gasteiger partial charge in [-0.2, -0.15) is 0 Å². The third-order valence-electron chi connectivity index (χ3n) is 7.13. The third-order valence-corrected chi connectivity index (χ3v) is 7.13. The molecule has 5 rings (SSSR count). The number of halogens is 1. The predicted octanol–water partition coefficient (Wildman–Crippen LogP) is 3.49. The van der Waals surface area contributed by atoms with Crippen molar-refractivity contribution < 1.29 is 9.59 Å². The molecule has 164 valence electrons. The van der Waals surface area contributed by atoms with Crippen LogP contribution in [0.4, 0.5) is 0 Å². The minimum atomic E-state index is -0.0680. The summed E-state index contributed by atoms with van der Waals surface area (Å²) < 4.78 is 0. The van der Waals surface area contributed by atoms with Gasteiger partial charge < -0.3 is 15.5 Å². The number of nitrogens with zero attached hydrogens (tertiary/aromatic N) is 1. The number of hydrogen-bond donors (Lipinski definition) is 2. The molecule has 2 aromatic rings. The van der Waals surface area contributed by atoms with Crippen LogP contribution in [0, 0.1) is 11.8 Å². The summed E-state index contributed by atoms with van der Waals surface area (Å²) in [5.41, 5.74) is 2.90. The van der Waals surface area contributed by atoms with Gasteiger partial charge in [-0.25, -0.2) is 0 Å². The van der Waals surface area contributed by atoms with Crippen molar-refractivity contribution >= 4 is 24.2 Å². The Hall–Kier alpha value is -2.37. The molecule has 3 fully saturated rings. The van der Waals surface area contributed by atoms with Gasteiger partial charge in [0, 0.05) is 31.1 Å². The highest BCUT2D eigenvalue weighted by atomic mass is 35.5. The van der Waals surface area contributed by atoms with Gasteiger partial charge in [0.25, 0.3) is 5.91 Å². The largest absolute Gasteiger partial charge is 0.350 e. The Balaban J connectivity index is 0.00000231. The van der Waals surface area contributed by atoms with E-state index in [1.165, 1.54) is 0 Å². The third kappa shape index (κ3) is 4.35. The molecule has 0 aromatic heterocycles. The average Bonchev–Trinajstić information content (AvgIpc) is 2.80. The zero-order chi connectivity index (χ0) is 20.5. The second-order valence-electron chi connectivity index (χ2n) is 8.90. The summed E-state index contributed by atoms with van der Waals surface area (Å²) in [6.07, 6.45) is 3.90. The molecule has 0 spiro atoms. The van der Waals surface area contributed by atoms with E-state index in [4.69, 9.17) is 0 Å². The molecule has 0 saturated carbocycles. The van der Waals surface area contributed by atoms with Gasteiger partial charge in [-0.1, -0.05) is 42.5 Å². The van der Waals surface area contributed by atoms with E-state index in [1.54, 1.807) is 0 Å². The summed E-state index contributed by atoms with van der Waals surface area (Å²) in [5, 5.41) is 6.68. The first-order valence-corrected chi connectivity index (χ1v) is 11.2. The number of carbonyl (C=O) groups excluding carboxylic acids is 2. The second kappa shape index (κ2) is 9.41. The molecule has 0 aliphatic carbocycles. The lowest BCUT2D eigenvalue weighted by molar-refractivity contribution is -0.148. The SMILES string of the molecule is Cl.O=C(NC[C@H]1[C@@H]2CNC[C@@H](C2)[C@@H]2CCCC(=O)N21)c1ccc(-c2ccccc2)cc1. The molecule has 31 heavy (non-hydrogen) atoms. The van der Waals surface area contributed by atoms with Crippen molar-refractivity contribution in [3.05, 3.63) is 60.2 Å². The molecule has 6 heteroatoms. The summed E-state index contributed by atoms with van der Waals surface area (Å²) in [6, 6.07) is 18.3. The van der Waals surface area contributed by atoms with Crippen molar-refractivity contribution in [2.24, 2.45) is 11.8 Å². The van der Waals surface area contributed by atoms with Gasteiger partial charge in [0.2, 0.25) is 5.91 Å². The minimum Gasteiger partial charge on any atom is -0.350 e. The molecule has 0 unspecified atom stereocenters. The molecule has 2 bridgehead atoms. The Morgan fingerprint density at radius 2 is 1.71 bits per heavy atom. The Labute approximate surface area is 190 Å². The van der Waals surface area contributed by atoms with E-state index in [0.29, 0.717) is 36.4 Å². The van der Waals surface area contributed by atoms with E-state index in [2.05, 4.69) is 27.7 Å². The highest BCUT2D eigenvalue weighted by Crippen LogP contribution is 2.39. The Bertz CT molecular complexity index is 918. The van der Waals surface area contributed by atoms with E-state index in [0.717, 1.165) is 43.5 Å². The van der Waals surface area contributed by atoms with Crippen LogP contribution in [-0.4, -0.2) is 48.4 Å². The maximum absolute atomic E-state index is 12.8. The van der Waals surface area contributed by atoms with Crippen LogP contribution in [0.2, 0.25) is 0 Å². The number of hydrogen-bond acceptors (Lipinski definition) is 3. The number of rotatable bonds is 4. The van der Waals surface area contributed by atoms with Crippen LogP contribution in [0.5, 0.6) is 0 Å². The van der Waals surface area contributed by atoms with E-state index in [-0.39, 0.29) is 30.3 Å². The van der Waals surface area contributed by atoms with Crippen LogP contribution >= 0.6 is 12.4 Å². The molecule has 3 saturated heterocycles. The smallest absolute Gasteiger partial charge is 0.251 e. The fourth-order valence-electron chi connectivity index (χ4n) is 5.64. The van der Waals surface area contributed by atoms with E-state index in [1.807, 2.05) is 42.5 Å². The summed E-state index contributed by atoms with van der Waals surface area (Å²) in [4.78, 5) is 27.7. The van der Waals surface area contributed by atoms with Gasteiger partial charge in [0.1, 0.15) is 0 Å². The van der Waals surface area contributed by atoms with Crippen molar-refractivity contribution in [2.45, 2.75) is 37.8 Å².